The summed E-state index contributed by atoms with van der Waals surface area (Å²) in [6, 6.07) is 1.42. The summed E-state index contributed by atoms with van der Waals surface area (Å²) in [5, 5.41) is 0. The molecule has 3 nitrogen and oxygen atoms in total. The number of nitrogens with two attached hydrogens (primary N) is 1. The lowest BCUT2D eigenvalue weighted by atomic mass is 9.79. The van der Waals surface area contributed by atoms with E-state index < -0.39 is 0 Å². The van der Waals surface area contributed by atoms with Gasteiger partial charge in [-0.05, 0) is 52.2 Å². The molecular weight excluding hydrogens is 198 g/mol. The molecule has 0 aromatic carbocycles. The van der Waals surface area contributed by atoms with Crippen molar-refractivity contribution < 1.29 is 0 Å². The minimum atomic E-state index is 0.668. The number of nitrogens with zero attached hydrogens (tertiary/aromatic N) is 2. The van der Waals surface area contributed by atoms with Crippen molar-refractivity contribution >= 4 is 0 Å². The Kier molecular flexibility index (Phi) is 4.22. The molecule has 1 saturated carbocycles. The third-order valence-corrected chi connectivity index (χ3v) is 4.36. The molecule has 1 aliphatic heterocycles. The van der Waals surface area contributed by atoms with Crippen molar-refractivity contribution in [3.05, 3.63) is 0 Å². The molecule has 0 bridgehead atoms. The summed E-state index contributed by atoms with van der Waals surface area (Å²) in [7, 11) is 4.36. The highest BCUT2D eigenvalue weighted by atomic mass is 15.2. The third kappa shape index (κ3) is 2.58. The quantitative estimate of drug-likeness (QED) is 0.761. The summed E-state index contributed by atoms with van der Waals surface area (Å²) >= 11 is 0. The second-order valence-electron chi connectivity index (χ2n) is 5.79. The molecule has 0 amide bonds. The lowest BCUT2D eigenvalue weighted by Gasteiger charge is -2.42. The summed E-state index contributed by atoms with van der Waals surface area (Å²) in [6.07, 6.45) is 6.97. The Labute approximate surface area is 100.0 Å². The lowest BCUT2D eigenvalue weighted by molar-refractivity contribution is 0.0792. The Morgan fingerprint density at radius 1 is 1.25 bits per heavy atom. The van der Waals surface area contributed by atoms with Crippen molar-refractivity contribution in [1.29, 1.82) is 0 Å². The van der Waals surface area contributed by atoms with Gasteiger partial charge in [0, 0.05) is 25.2 Å². The molecule has 0 spiro atoms. The van der Waals surface area contributed by atoms with E-state index in [0.717, 1.165) is 18.5 Å². The molecule has 3 heteroatoms. The maximum Gasteiger partial charge on any atom is 0.0250 e. The van der Waals surface area contributed by atoms with Crippen LogP contribution in [0.1, 0.15) is 32.1 Å². The van der Waals surface area contributed by atoms with Crippen LogP contribution >= 0.6 is 0 Å². The van der Waals surface area contributed by atoms with E-state index in [4.69, 9.17) is 5.73 Å². The van der Waals surface area contributed by atoms with E-state index in [1.165, 1.54) is 45.2 Å². The molecule has 0 aromatic rings. The van der Waals surface area contributed by atoms with Gasteiger partial charge in [-0.1, -0.05) is 6.42 Å². The van der Waals surface area contributed by atoms with Gasteiger partial charge in [-0.25, -0.2) is 0 Å². The van der Waals surface area contributed by atoms with Gasteiger partial charge in [-0.3, -0.25) is 4.90 Å². The van der Waals surface area contributed by atoms with Gasteiger partial charge in [-0.15, -0.1) is 0 Å². The number of rotatable bonds is 5. The summed E-state index contributed by atoms with van der Waals surface area (Å²) in [5.74, 6) is 0.896. The number of likely N-dealkylation sites (N-methyl/N-ethyl adjacent to an activating group) is 1. The van der Waals surface area contributed by atoms with E-state index in [1.54, 1.807) is 0 Å². The highest BCUT2D eigenvalue weighted by molar-refractivity contribution is 4.92. The molecule has 2 atom stereocenters. The van der Waals surface area contributed by atoms with Crippen molar-refractivity contribution in [1.82, 2.24) is 9.80 Å². The van der Waals surface area contributed by atoms with Crippen molar-refractivity contribution in [3.8, 4) is 0 Å². The minimum Gasteiger partial charge on any atom is -0.329 e. The summed E-state index contributed by atoms with van der Waals surface area (Å²) in [4.78, 5) is 5.03. The number of likely N-dealkylation sites (tertiary alicyclic amines) is 1. The van der Waals surface area contributed by atoms with Crippen LogP contribution in [-0.4, -0.2) is 55.6 Å². The fourth-order valence-electron chi connectivity index (χ4n) is 3.34. The fraction of sp³-hybridized carbons (Fsp3) is 1.00. The topological polar surface area (TPSA) is 32.5 Å². The molecule has 16 heavy (non-hydrogen) atoms. The van der Waals surface area contributed by atoms with Crippen LogP contribution in [0.15, 0.2) is 0 Å². The van der Waals surface area contributed by atoms with E-state index in [2.05, 4.69) is 23.9 Å². The highest BCUT2D eigenvalue weighted by Gasteiger charge is 2.36. The molecule has 2 unspecified atom stereocenters. The van der Waals surface area contributed by atoms with Crippen LogP contribution in [-0.2, 0) is 0 Å². The second kappa shape index (κ2) is 5.48. The molecule has 2 aliphatic rings. The van der Waals surface area contributed by atoms with Crippen LogP contribution in [0.2, 0.25) is 0 Å². The molecule has 2 rings (SSSR count). The molecule has 1 heterocycles. The van der Waals surface area contributed by atoms with Gasteiger partial charge in [-0.2, -0.15) is 0 Å². The average molecular weight is 225 g/mol. The van der Waals surface area contributed by atoms with Crippen LogP contribution in [0, 0.1) is 5.92 Å². The maximum atomic E-state index is 6.00. The molecular formula is C13H27N3. The van der Waals surface area contributed by atoms with Crippen molar-refractivity contribution in [2.45, 2.75) is 44.2 Å². The van der Waals surface area contributed by atoms with Gasteiger partial charge < -0.3 is 10.6 Å². The zero-order valence-electron chi connectivity index (χ0n) is 10.9. The number of hydrogen-bond acceptors (Lipinski definition) is 3. The van der Waals surface area contributed by atoms with E-state index in [9.17, 15) is 0 Å². The van der Waals surface area contributed by atoms with Gasteiger partial charge >= 0.3 is 0 Å². The Balaban J connectivity index is 1.93. The van der Waals surface area contributed by atoms with Crippen LogP contribution in [0.5, 0.6) is 0 Å². The van der Waals surface area contributed by atoms with E-state index in [1.807, 2.05) is 0 Å². The summed E-state index contributed by atoms with van der Waals surface area (Å²) in [5.41, 5.74) is 6.00. The summed E-state index contributed by atoms with van der Waals surface area (Å²) in [6.45, 7) is 3.33. The molecule has 0 aromatic heterocycles. The van der Waals surface area contributed by atoms with E-state index in [-0.39, 0.29) is 0 Å². The molecule has 0 radical (unpaired) electrons. The Hall–Kier alpha value is -0.120. The number of hydrogen-bond donors (Lipinski definition) is 1. The van der Waals surface area contributed by atoms with Crippen molar-refractivity contribution in [3.63, 3.8) is 0 Å². The molecule has 1 aliphatic carbocycles. The normalized spacial score (nSPS) is 29.6. The van der Waals surface area contributed by atoms with Gasteiger partial charge in [0.2, 0.25) is 0 Å². The minimum absolute atomic E-state index is 0.668. The highest BCUT2D eigenvalue weighted by Crippen LogP contribution is 2.34. The first kappa shape index (κ1) is 12.3. The first-order valence-electron chi connectivity index (χ1n) is 6.83. The molecule has 1 saturated heterocycles. The van der Waals surface area contributed by atoms with Gasteiger partial charge in [0.25, 0.3) is 0 Å². The maximum absolute atomic E-state index is 6.00. The average Bonchev–Trinajstić information content (AvgIpc) is 2.58. The Morgan fingerprint density at radius 2 is 2.00 bits per heavy atom. The largest absolute Gasteiger partial charge is 0.329 e. The van der Waals surface area contributed by atoms with Crippen LogP contribution in [0.3, 0.4) is 0 Å². The van der Waals surface area contributed by atoms with E-state index in [0.29, 0.717) is 6.04 Å². The monoisotopic (exact) mass is 225 g/mol. The Morgan fingerprint density at radius 3 is 2.50 bits per heavy atom. The van der Waals surface area contributed by atoms with Crippen molar-refractivity contribution in [2.75, 3.05) is 33.7 Å². The molecule has 2 fully saturated rings. The molecule has 2 N–H and O–H groups in total. The van der Waals surface area contributed by atoms with Crippen LogP contribution in [0.25, 0.3) is 0 Å². The first-order valence-corrected chi connectivity index (χ1v) is 6.83. The fourth-order valence-corrected chi connectivity index (χ4v) is 3.34. The van der Waals surface area contributed by atoms with E-state index >= 15 is 0 Å². The first-order chi connectivity index (χ1) is 7.72. The Bertz CT molecular complexity index is 213. The predicted molar refractivity (Wildman–Crippen MR) is 68.5 cm³/mol. The SMILES string of the molecule is CN(C)CC1CCCN1C(CN)C1CCC1. The summed E-state index contributed by atoms with van der Waals surface area (Å²) < 4.78 is 0. The van der Waals surface area contributed by atoms with Gasteiger partial charge in [0.05, 0.1) is 0 Å². The zero-order chi connectivity index (χ0) is 11.5. The van der Waals surface area contributed by atoms with Crippen molar-refractivity contribution in [2.24, 2.45) is 11.7 Å². The predicted octanol–water partition coefficient (Wildman–Crippen LogP) is 1.14. The second-order valence-corrected chi connectivity index (χ2v) is 5.79. The van der Waals surface area contributed by atoms with Crippen LogP contribution < -0.4 is 5.73 Å². The van der Waals surface area contributed by atoms with Crippen LogP contribution in [0.4, 0.5) is 0 Å². The molecule has 94 valence electrons. The zero-order valence-corrected chi connectivity index (χ0v) is 10.9. The van der Waals surface area contributed by atoms with Gasteiger partial charge in [0.1, 0.15) is 0 Å². The lowest BCUT2D eigenvalue weighted by Crippen LogP contribution is -2.51. The standard InChI is InChI=1S/C13H27N3/c1-15(2)10-12-7-4-8-16(12)13(9-14)11-5-3-6-11/h11-13H,3-10,14H2,1-2H3. The van der Waals surface area contributed by atoms with Gasteiger partial charge in [0.15, 0.2) is 0 Å². The smallest absolute Gasteiger partial charge is 0.0250 e. The third-order valence-electron chi connectivity index (χ3n) is 4.36.